The SMILES string of the molecule is COCCOc1ccc(-n2cc(-c3cccc(N)c3C)c3cc(C#N)ccc32)cc1. The van der Waals surface area contributed by atoms with Crippen LogP contribution in [0.2, 0.25) is 0 Å². The van der Waals surface area contributed by atoms with E-state index in [4.69, 9.17) is 15.2 Å². The predicted molar refractivity (Wildman–Crippen MR) is 120 cm³/mol. The third kappa shape index (κ3) is 3.61. The molecule has 0 amide bonds. The van der Waals surface area contributed by atoms with Gasteiger partial charge >= 0.3 is 0 Å². The minimum Gasteiger partial charge on any atom is -0.491 e. The number of hydrogen-bond donors (Lipinski definition) is 1. The van der Waals surface area contributed by atoms with Crippen LogP contribution in [0.25, 0.3) is 27.7 Å². The highest BCUT2D eigenvalue weighted by Crippen LogP contribution is 2.36. The summed E-state index contributed by atoms with van der Waals surface area (Å²) in [5, 5.41) is 10.4. The maximum atomic E-state index is 9.40. The fourth-order valence-corrected chi connectivity index (χ4v) is 3.62. The highest BCUT2D eigenvalue weighted by Gasteiger charge is 2.15. The van der Waals surface area contributed by atoms with Gasteiger partial charge in [0.15, 0.2) is 0 Å². The van der Waals surface area contributed by atoms with E-state index in [2.05, 4.69) is 22.9 Å². The quantitative estimate of drug-likeness (QED) is 0.363. The van der Waals surface area contributed by atoms with Crippen LogP contribution < -0.4 is 10.5 Å². The van der Waals surface area contributed by atoms with Gasteiger partial charge in [-0.2, -0.15) is 5.26 Å². The van der Waals surface area contributed by atoms with E-state index < -0.39 is 0 Å². The first kappa shape index (κ1) is 19.6. The number of nitrogen functional groups attached to an aromatic ring is 1. The van der Waals surface area contributed by atoms with Gasteiger partial charge < -0.3 is 19.8 Å². The summed E-state index contributed by atoms with van der Waals surface area (Å²) in [6.45, 7) is 3.08. The van der Waals surface area contributed by atoms with E-state index in [1.54, 1.807) is 7.11 Å². The summed E-state index contributed by atoms with van der Waals surface area (Å²) in [6.07, 6.45) is 2.11. The molecule has 0 aliphatic carbocycles. The lowest BCUT2D eigenvalue weighted by Crippen LogP contribution is -2.04. The van der Waals surface area contributed by atoms with Crippen molar-refractivity contribution in [2.75, 3.05) is 26.1 Å². The Morgan fingerprint density at radius 1 is 1.00 bits per heavy atom. The van der Waals surface area contributed by atoms with Gasteiger partial charge in [-0.1, -0.05) is 12.1 Å². The number of nitriles is 1. The fraction of sp³-hybridized carbons (Fsp3) is 0.160. The number of rotatable bonds is 6. The van der Waals surface area contributed by atoms with Crippen LogP contribution >= 0.6 is 0 Å². The number of anilines is 1. The molecule has 3 aromatic carbocycles. The Hall–Kier alpha value is -3.75. The molecule has 0 fully saturated rings. The summed E-state index contributed by atoms with van der Waals surface area (Å²) >= 11 is 0. The van der Waals surface area contributed by atoms with Crippen LogP contribution in [-0.2, 0) is 4.74 Å². The Labute approximate surface area is 175 Å². The lowest BCUT2D eigenvalue weighted by molar-refractivity contribution is 0.146. The molecule has 30 heavy (non-hydrogen) atoms. The molecule has 4 aromatic rings. The van der Waals surface area contributed by atoms with Gasteiger partial charge in [0.2, 0.25) is 0 Å². The average Bonchev–Trinajstić information content (AvgIpc) is 3.15. The molecular formula is C25H23N3O2. The average molecular weight is 397 g/mol. The van der Waals surface area contributed by atoms with Gasteiger partial charge in [-0.3, -0.25) is 0 Å². The van der Waals surface area contributed by atoms with Crippen molar-refractivity contribution in [3.8, 4) is 28.6 Å². The molecule has 150 valence electrons. The van der Waals surface area contributed by atoms with Crippen molar-refractivity contribution in [1.29, 1.82) is 5.26 Å². The largest absolute Gasteiger partial charge is 0.491 e. The molecule has 0 spiro atoms. The molecule has 0 aliphatic heterocycles. The normalized spacial score (nSPS) is 10.8. The number of aromatic nitrogens is 1. The van der Waals surface area contributed by atoms with Gasteiger partial charge in [0.05, 0.1) is 23.8 Å². The first-order chi connectivity index (χ1) is 14.6. The van der Waals surface area contributed by atoms with Crippen molar-refractivity contribution in [3.05, 3.63) is 78.0 Å². The highest BCUT2D eigenvalue weighted by atomic mass is 16.5. The number of methoxy groups -OCH3 is 1. The number of benzene rings is 3. The van der Waals surface area contributed by atoms with Crippen molar-refractivity contribution >= 4 is 16.6 Å². The fourth-order valence-electron chi connectivity index (χ4n) is 3.62. The van der Waals surface area contributed by atoms with Crippen molar-refractivity contribution in [1.82, 2.24) is 4.57 Å². The highest BCUT2D eigenvalue weighted by molar-refractivity contribution is 5.99. The second-order valence-electron chi connectivity index (χ2n) is 7.11. The molecule has 0 saturated heterocycles. The second-order valence-corrected chi connectivity index (χ2v) is 7.11. The molecule has 0 bridgehead atoms. The van der Waals surface area contributed by atoms with E-state index in [0.29, 0.717) is 18.8 Å². The van der Waals surface area contributed by atoms with Crippen LogP contribution in [0.1, 0.15) is 11.1 Å². The molecule has 4 rings (SSSR count). The number of ether oxygens (including phenoxy) is 2. The summed E-state index contributed by atoms with van der Waals surface area (Å²) in [4.78, 5) is 0. The summed E-state index contributed by atoms with van der Waals surface area (Å²) in [7, 11) is 1.65. The van der Waals surface area contributed by atoms with Crippen LogP contribution in [0.5, 0.6) is 5.75 Å². The van der Waals surface area contributed by atoms with Crippen molar-refractivity contribution in [2.24, 2.45) is 0 Å². The van der Waals surface area contributed by atoms with Crippen LogP contribution in [0, 0.1) is 18.3 Å². The van der Waals surface area contributed by atoms with Gasteiger partial charge in [-0.15, -0.1) is 0 Å². The van der Waals surface area contributed by atoms with E-state index in [1.807, 2.05) is 61.5 Å². The Balaban J connectivity index is 1.83. The predicted octanol–water partition coefficient (Wildman–Crippen LogP) is 5.09. The Bertz CT molecular complexity index is 1230. The third-order valence-electron chi connectivity index (χ3n) is 5.27. The first-order valence-corrected chi connectivity index (χ1v) is 9.75. The monoisotopic (exact) mass is 397 g/mol. The van der Waals surface area contributed by atoms with Crippen molar-refractivity contribution in [3.63, 3.8) is 0 Å². The standard InChI is InChI=1S/C25H23N3O2/c1-17-21(4-3-5-24(17)27)23-16-28(25-11-6-18(15-26)14-22(23)25)19-7-9-20(10-8-19)30-13-12-29-2/h3-11,14,16H,12-13,27H2,1-2H3. The number of fused-ring (bicyclic) bond motifs is 1. The van der Waals surface area contributed by atoms with Crippen LogP contribution in [0.4, 0.5) is 5.69 Å². The summed E-state index contributed by atoms with van der Waals surface area (Å²) in [6, 6.07) is 21.9. The van der Waals surface area contributed by atoms with Crippen LogP contribution in [0.3, 0.4) is 0 Å². The lowest BCUT2D eigenvalue weighted by atomic mass is 9.98. The Morgan fingerprint density at radius 3 is 2.53 bits per heavy atom. The maximum Gasteiger partial charge on any atom is 0.119 e. The zero-order valence-corrected chi connectivity index (χ0v) is 17.1. The summed E-state index contributed by atoms with van der Waals surface area (Å²) in [5.74, 6) is 0.797. The van der Waals surface area contributed by atoms with E-state index in [0.717, 1.165) is 44.7 Å². The second kappa shape index (κ2) is 8.32. The number of nitrogens with two attached hydrogens (primary N) is 1. The van der Waals surface area contributed by atoms with Gasteiger partial charge in [-0.25, -0.2) is 0 Å². The molecule has 1 heterocycles. The topological polar surface area (TPSA) is 73.2 Å². The lowest BCUT2D eigenvalue weighted by Gasteiger charge is -2.09. The van der Waals surface area contributed by atoms with E-state index in [-0.39, 0.29) is 0 Å². The minimum atomic E-state index is 0.512. The van der Waals surface area contributed by atoms with Crippen LogP contribution in [-0.4, -0.2) is 24.9 Å². The molecule has 0 radical (unpaired) electrons. The third-order valence-corrected chi connectivity index (χ3v) is 5.27. The van der Waals surface area contributed by atoms with Crippen molar-refractivity contribution in [2.45, 2.75) is 6.92 Å². The number of hydrogen-bond acceptors (Lipinski definition) is 4. The van der Waals surface area contributed by atoms with E-state index in [9.17, 15) is 5.26 Å². The molecule has 0 saturated carbocycles. The molecule has 0 aliphatic rings. The van der Waals surface area contributed by atoms with Crippen molar-refractivity contribution < 1.29 is 9.47 Å². The summed E-state index contributed by atoms with van der Waals surface area (Å²) in [5.41, 5.74) is 12.7. The van der Waals surface area contributed by atoms with Gasteiger partial charge in [-0.05, 0) is 66.6 Å². The van der Waals surface area contributed by atoms with Gasteiger partial charge in [0, 0.05) is 35.6 Å². The van der Waals surface area contributed by atoms with E-state index >= 15 is 0 Å². The van der Waals surface area contributed by atoms with Crippen LogP contribution in [0.15, 0.2) is 66.9 Å². The molecular weight excluding hydrogens is 374 g/mol. The molecule has 2 N–H and O–H groups in total. The molecule has 0 atom stereocenters. The molecule has 1 aromatic heterocycles. The molecule has 0 unspecified atom stereocenters. The molecule has 5 heteroatoms. The zero-order chi connectivity index (χ0) is 21.1. The molecule has 5 nitrogen and oxygen atoms in total. The Morgan fingerprint density at radius 2 is 1.80 bits per heavy atom. The van der Waals surface area contributed by atoms with Gasteiger partial charge in [0.1, 0.15) is 12.4 Å². The maximum absolute atomic E-state index is 9.40. The number of nitrogens with zero attached hydrogens (tertiary/aromatic N) is 2. The first-order valence-electron chi connectivity index (χ1n) is 9.75. The summed E-state index contributed by atoms with van der Waals surface area (Å²) < 4.78 is 12.8. The van der Waals surface area contributed by atoms with Gasteiger partial charge in [0.25, 0.3) is 0 Å². The minimum absolute atomic E-state index is 0.512. The van der Waals surface area contributed by atoms with E-state index in [1.165, 1.54) is 0 Å². The zero-order valence-electron chi connectivity index (χ0n) is 17.1. The Kier molecular flexibility index (Phi) is 5.42. The smallest absolute Gasteiger partial charge is 0.119 e.